The number of carbonyl (C=O) groups excluding carboxylic acids is 1. The molecule has 1 saturated heterocycles. The summed E-state index contributed by atoms with van der Waals surface area (Å²) in [6.07, 6.45) is 7.27. The molecule has 0 spiro atoms. The Kier molecular flexibility index (Phi) is 4.43. The van der Waals surface area contributed by atoms with Crippen LogP contribution in [-0.2, 0) is 30.5 Å². The topological polar surface area (TPSA) is 59.2 Å². The molecule has 0 radical (unpaired) electrons. The van der Waals surface area contributed by atoms with Crippen molar-refractivity contribution in [2.75, 3.05) is 18.0 Å². The van der Waals surface area contributed by atoms with Crippen LogP contribution in [0.3, 0.4) is 0 Å². The monoisotopic (exact) mass is 335 g/mol. The highest BCUT2D eigenvalue weighted by molar-refractivity contribution is 5.76. The van der Waals surface area contributed by atoms with Gasteiger partial charge in [0, 0.05) is 18.8 Å². The van der Waals surface area contributed by atoms with E-state index in [0.29, 0.717) is 6.42 Å². The molecule has 1 aliphatic heterocycles. The smallest absolute Gasteiger partial charge is 0.221 e. The van der Waals surface area contributed by atoms with Crippen molar-refractivity contribution in [1.29, 1.82) is 0 Å². The number of aromatic nitrogens is 1. The van der Waals surface area contributed by atoms with Crippen molar-refractivity contribution >= 4 is 11.7 Å². The van der Waals surface area contributed by atoms with E-state index in [-0.39, 0.29) is 5.91 Å². The third kappa shape index (κ3) is 3.53. The van der Waals surface area contributed by atoms with E-state index in [1.165, 1.54) is 47.5 Å². The van der Waals surface area contributed by atoms with Crippen molar-refractivity contribution in [3.05, 3.63) is 58.3 Å². The number of rotatable bonds is 5. The molecule has 1 aliphatic carbocycles. The fourth-order valence-electron chi connectivity index (χ4n) is 4.07. The van der Waals surface area contributed by atoms with E-state index in [1.807, 2.05) is 12.1 Å². The maximum Gasteiger partial charge on any atom is 0.221 e. The Bertz CT molecular complexity index is 776. The minimum Gasteiger partial charge on any atom is -0.369 e. The molecule has 0 bridgehead atoms. The molecule has 2 heterocycles. The van der Waals surface area contributed by atoms with Crippen LogP contribution in [-0.4, -0.2) is 24.0 Å². The van der Waals surface area contributed by atoms with E-state index in [9.17, 15) is 4.79 Å². The Morgan fingerprint density at radius 3 is 2.48 bits per heavy atom. The van der Waals surface area contributed by atoms with Crippen LogP contribution >= 0.6 is 0 Å². The van der Waals surface area contributed by atoms with Gasteiger partial charge in [0.2, 0.25) is 5.91 Å². The molecule has 2 aromatic rings. The summed E-state index contributed by atoms with van der Waals surface area (Å²) in [4.78, 5) is 18.4. The fourth-order valence-corrected chi connectivity index (χ4v) is 4.07. The largest absolute Gasteiger partial charge is 0.369 e. The number of fused-ring (bicyclic) bond motifs is 1. The zero-order chi connectivity index (χ0) is 17.2. The van der Waals surface area contributed by atoms with Crippen LogP contribution in [0.15, 0.2) is 30.3 Å². The molecular formula is C21H25N3O. The molecule has 0 unspecified atom stereocenters. The maximum atomic E-state index is 11.0. The Labute approximate surface area is 149 Å². The fraction of sp³-hybridized carbons (Fsp3) is 0.429. The first-order valence-electron chi connectivity index (χ1n) is 9.32. The Hall–Kier alpha value is -2.36. The molecule has 1 aromatic carbocycles. The van der Waals surface area contributed by atoms with E-state index in [4.69, 9.17) is 10.7 Å². The highest BCUT2D eigenvalue weighted by atomic mass is 16.1. The number of anilines is 1. The minimum absolute atomic E-state index is 0.282. The summed E-state index contributed by atoms with van der Waals surface area (Å²) >= 11 is 0. The van der Waals surface area contributed by atoms with Gasteiger partial charge in [0.15, 0.2) is 0 Å². The lowest BCUT2D eigenvalue weighted by molar-refractivity contribution is -0.117. The van der Waals surface area contributed by atoms with Crippen molar-refractivity contribution in [2.24, 2.45) is 5.73 Å². The predicted octanol–water partition coefficient (Wildman–Crippen LogP) is 2.79. The van der Waals surface area contributed by atoms with Crippen LogP contribution in [0.5, 0.6) is 0 Å². The van der Waals surface area contributed by atoms with Gasteiger partial charge in [0.1, 0.15) is 5.82 Å². The zero-order valence-electron chi connectivity index (χ0n) is 14.6. The van der Waals surface area contributed by atoms with Crippen LogP contribution < -0.4 is 10.6 Å². The highest BCUT2D eigenvalue weighted by Crippen LogP contribution is 2.30. The second-order valence-electron chi connectivity index (χ2n) is 7.25. The number of pyridine rings is 1. The van der Waals surface area contributed by atoms with E-state index < -0.39 is 0 Å². The van der Waals surface area contributed by atoms with Gasteiger partial charge in [-0.2, -0.15) is 0 Å². The molecule has 2 N–H and O–H groups in total. The number of nitrogens with two attached hydrogens (primary N) is 1. The molecule has 25 heavy (non-hydrogen) atoms. The molecule has 2 aliphatic rings. The van der Waals surface area contributed by atoms with Crippen molar-refractivity contribution < 1.29 is 4.79 Å². The Morgan fingerprint density at radius 2 is 1.76 bits per heavy atom. The van der Waals surface area contributed by atoms with Crippen LogP contribution in [0.4, 0.5) is 5.82 Å². The van der Waals surface area contributed by atoms with Crippen molar-refractivity contribution in [3.8, 4) is 0 Å². The van der Waals surface area contributed by atoms with Gasteiger partial charge in [0.05, 0.1) is 6.42 Å². The molecule has 1 fully saturated rings. The lowest BCUT2D eigenvalue weighted by atomic mass is 9.98. The zero-order valence-corrected chi connectivity index (χ0v) is 14.6. The summed E-state index contributed by atoms with van der Waals surface area (Å²) < 4.78 is 0. The van der Waals surface area contributed by atoms with Gasteiger partial charge in [-0.3, -0.25) is 4.79 Å². The third-order valence-electron chi connectivity index (χ3n) is 5.36. The number of carbonyl (C=O) groups is 1. The van der Waals surface area contributed by atoms with Gasteiger partial charge in [-0.05, 0) is 66.8 Å². The predicted molar refractivity (Wildman–Crippen MR) is 99.9 cm³/mol. The van der Waals surface area contributed by atoms with Crippen molar-refractivity contribution in [1.82, 2.24) is 4.98 Å². The molecule has 1 aromatic heterocycles. The first-order valence-corrected chi connectivity index (χ1v) is 9.32. The first-order chi connectivity index (χ1) is 12.2. The van der Waals surface area contributed by atoms with Gasteiger partial charge in [-0.1, -0.05) is 24.3 Å². The number of hydrogen-bond acceptors (Lipinski definition) is 3. The molecule has 4 heteroatoms. The van der Waals surface area contributed by atoms with Gasteiger partial charge < -0.3 is 10.6 Å². The third-order valence-corrected chi connectivity index (χ3v) is 5.36. The van der Waals surface area contributed by atoms with Gasteiger partial charge in [-0.15, -0.1) is 0 Å². The summed E-state index contributed by atoms with van der Waals surface area (Å²) in [7, 11) is 0. The lowest BCUT2D eigenvalue weighted by Gasteiger charge is -2.19. The molecule has 0 atom stereocenters. The van der Waals surface area contributed by atoms with Gasteiger partial charge in [-0.25, -0.2) is 4.98 Å². The molecule has 130 valence electrons. The van der Waals surface area contributed by atoms with Crippen LogP contribution in [0, 0.1) is 0 Å². The molecule has 0 saturated carbocycles. The molecule has 4 nitrogen and oxygen atoms in total. The van der Waals surface area contributed by atoms with Crippen LogP contribution in [0.25, 0.3) is 0 Å². The van der Waals surface area contributed by atoms with E-state index in [2.05, 4.69) is 23.1 Å². The van der Waals surface area contributed by atoms with Crippen LogP contribution in [0.1, 0.15) is 47.2 Å². The number of amides is 1. The van der Waals surface area contributed by atoms with E-state index in [0.717, 1.165) is 37.9 Å². The number of hydrogen-bond donors (Lipinski definition) is 1. The molecular weight excluding hydrogens is 310 g/mol. The second kappa shape index (κ2) is 6.87. The van der Waals surface area contributed by atoms with Crippen molar-refractivity contribution in [2.45, 2.75) is 44.9 Å². The Morgan fingerprint density at radius 1 is 1.04 bits per heavy atom. The van der Waals surface area contributed by atoms with Gasteiger partial charge >= 0.3 is 0 Å². The van der Waals surface area contributed by atoms with E-state index in [1.54, 1.807) is 0 Å². The summed E-state index contributed by atoms with van der Waals surface area (Å²) in [6, 6.07) is 10.6. The summed E-state index contributed by atoms with van der Waals surface area (Å²) in [5.41, 5.74) is 11.7. The summed E-state index contributed by atoms with van der Waals surface area (Å²) in [5.74, 6) is 0.883. The average molecular weight is 335 g/mol. The minimum atomic E-state index is -0.282. The normalized spacial score (nSPS) is 16.2. The summed E-state index contributed by atoms with van der Waals surface area (Å²) in [6.45, 7) is 2.26. The number of nitrogens with zero attached hydrogens (tertiary/aromatic N) is 2. The molecule has 4 rings (SSSR count). The summed E-state index contributed by atoms with van der Waals surface area (Å²) in [5, 5.41) is 0. The number of benzene rings is 1. The van der Waals surface area contributed by atoms with Gasteiger partial charge in [0.25, 0.3) is 0 Å². The SMILES string of the molecule is NC(=O)Cc1ccc(Cc2cc(N3CCCC3)nc3c2CCC3)cc1. The quantitative estimate of drug-likeness (QED) is 0.914. The average Bonchev–Trinajstić information content (AvgIpc) is 3.27. The van der Waals surface area contributed by atoms with E-state index >= 15 is 0 Å². The molecule has 1 amide bonds. The van der Waals surface area contributed by atoms with Crippen LogP contribution in [0.2, 0.25) is 0 Å². The number of primary amides is 1. The standard InChI is InChI=1S/C21H25N3O/c22-20(25)13-16-8-6-15(7-9-16)12-17-14-21(24-10-1-2-11-24)23-19-5-3-4-18(17)19/h6-9,14H,1-5,10-13H2,(H2,22,25). The maximum absolute atomic E-state index is 11.0. The second-order valence-corrected chi connectivity index (χ2v) is 7.25. The van der Waals surface area contributed by atoms with Crippen molar-refractivity contribution in [3.63, 3.8) is 0 Å². The first kappa shape index (κ1) is 16.1. The number of aryl methyl sites for hydroxylation is 1. The highest BCUT2D eigenvalue weighted by Gasteiger charge is 2.21. The Balaban J connectivity index is 1.59. The lowest BCUT2D eigenvalue weighted by Crippen LogP contribution is -2.20.